The number of nitrogens with one attached hydrogen (secondary N) is 2. The number of H-pyrrole nitrogens is 1. The summed E-state index contributed by atoms with van der Waals surface area (Å²) in [6, 6.07) is 7.79. The highest BCUT2D eigenvalue weighted by molar-refractivity contribution is 5.94. The van der Waals surface area contributed by atoms with E-state index >= 15 is 0 Å². The zero-order valence-corrected chi connectivity index (χ0v) is 11.7. The number of benzene rings is 1. The number of aliphatic hydroxyl groups excluding tert-OH is 1. The van der Waals surface area contributed by atoms with Crippen molar-refractivity contribution in [3.05, 3.63) is 47.0 Å². The van der Waals surface area contributed by atoms with E-state index < -0.39 is 0 Å². The number of fused-ring (bicyclic) bond motifs is 1. The number of aliphatic hydroxyl groups is 1. The molecule has 6 nitrogen and oxygen atoms in total. The Bertz CT molecular complexity index is 666. The van der Waals surface area contributed by atoms with Gasteiger partial charge in [-0.25, -0.2) is 4.98 Å². The second kappa shape index (κ2) is 5.57. The molecule has 1 unspecified atom stereocenters. The number of aromatic nitrogens is 2. The molecule has 110 valence electrons. The normalized spacial score (nSPS) is 17.8. The van der Waals surface area contributed by atoms with E-state index in [0.717, 1.165) is 17.0 Å². The molecule has 0 spiro atoms. The average molecular weight is 287 g/mol. The van der Waals surface area contributed by atoms with Crippen LogP contribution < -0.4 is 10.1 Å². The Morgan fingerprint density at radius 2 is 2.24 bits per heavy atom. The lowest BCUT2D eigenvalue weighted by Crippen LogP contribution is -2.26. The van der Waals surface area contributed by atoms with E-state index in [9.17, 15) is 4.79 Å². The van der Waals surface area contributed by atoms with Crippen LogP contribution in [0.2, 0.25) is 0 Å². The predicted molar refractivity (Wildman–Crippen MR) is 76.3 cm³/mol. The molecule has 1 aliphatic heterocycles. The number of methoxy groups -OCH3 is 1. The molecule has 0 fully saturated rings. The van der Waals surface area contributed by atoms with Gasteiger partial charge in [0, 0.05) is 18.2 Å². The zero-order valence-electron chi connectivity index (χ0n) is 11.7. The maximum atomic E-state index is 12.1. The Hall–Kier alpha value is -2.34. The first-order chi connectivity index (χ1) is 10.2. The summed E-state index contributed by atoms with van der Waals surface area (Å²) in [4.78, 5) is 19.2. The minimum atomic E-state index is -0.210. The molecule has 0 bridgehead atoms. The molecule has 0 aliphatic carbocycles. The number of hydrogen-bond acceptors (Lipinski definition) is 4. The number of amides is 1. The summed E-state index contributed by atoms with van der Waals surface area (Å²) in [6.07, 6.45) is 0.640. The second-order valence-electron chi connectivity index (χ2n) is 5.02. The van der Waals surface area contributed by atoms with Crippen LogP contribution in [-0.4, -0.2) is 34.6 Å². The van der Waals surface area contributed by atoms with Crippen molar-refractivity contribution in [3.8, 4) is 5.75 Å². The first-order valence-electron chi connectivity index (χ1n) is 6.82. The predicted octanol–water partition coefficient (Wildman–Crippen LogP) is 0.980. The van der Waals surface area contributed by atoms with Crippen LogP contribution in [0.1, 0.15) is 33.5 Å². The number of aromatic amines is 1. The van der Waals surface area contributed by atoms with E-state index in [1.165, 1.54) is 0 Å². The second-order valence-corrected chi connectivity index (χ2v) is 5.02. The number of hydrogen-bond donors (Lipinski definition) is 3. The van der Waals surface area contributed by atoms with Crippen molar-refractivity contribution >= 4 is 5.91 Å². The zero-order chi connectivity index (χ0) is 14.8. The van der Waals surface area contributed by atoms with Crippen LogP contribution in [0.15, 0.2) is 24.3 Å². The SMILES string of the molecule is COc1ccccc1C1CNC(=O)c2nc(CO)[nH]c2C1. The third kappa shape index (κ3) is 2.50. The third-order valence-corrected chi connectivity index (χ3v) is 3.73. The number of nitrogens with zero attached hydrogens (tertiary/aromatic N) is 1. The fourth-order valence-corrected chi connectivity index (χ4v) is 2.72. The van der Waals surface area contributed by atoms with Crippen molar-refractivity contribution in [2.24, 2.45) is 0 Å². The fourth-order valence-electron chi connectivity index (χ4n) is 2.72. The van der Waals surface area contributed by atoms with Crippen LogP contribution in [0.3, 0.4) is 0 Å². The van der Waals surface area contributed by atoms with Gasteiger partial charge in [-0.05, 0) is 18.1 Å². The van der Waals surface area contributed by atoms with Crippen molar-refractivity contribution in [3.63, 3.8) is 0 Å². The van der Waals surface area contributed by atoms with Crippen LogP contribution in [0.4, 0.5) is 0 Å². The van der Waals surface area contributed by atoms with Crippen molar-refractivity contribution in [2.75, 3.05) is 13.7 Å². The van der Waals surface area contributed by atoms with Gasteiger partial charge in [-0.3, -0.25) is 4.79 Å². The molecule has 6 heteroatoms. The Morgan fingerprint density at radius 1 is 1.43 bits per heavy atom. The molecule has 21 heavy (non-hydrogen) atoms. The molecule has 0 radical (unpaired) electrons. The summed E-state index contributed by atoms with van der Waals surface area (Å²) in [6.45, 7) is 0.317. The lowest BCUT2D eigenvalue weighted by atomic mass is 9.93. The Labute approximate surface area is 122 Å². The van der Waals surface area contributed by atoms with Crippen LogP contribution >= 0.6 is 0 Å². The van der Waals surface area contributed by atoms with Gasteiger partial charge in [0.05, 0.1) is 7.11 Å². The summed E-state index contributed by atoms with van der Waals surface area (Å²) < 4.78 is 5.40. The molecule has 2 aromatic rings. The monoisotopic (exact) mass is 287 g/mol. The Kier molecular flexibility index (Phi) is 3.62. The van der Waals surface area contributed by atoms with Crippen LogP contribution in [0, 0.1) is 0 Å². The van der Waals surface area contributed by atoms with Gasteiger partial charge in [-0.15, -0.1) is 0 Å². The number of carbonyl (C=O) groups excluding carboxylic acids is 1. The van der Waals surface area contributed by atoms with Crippen molar-refractivity contribution in [2.45, 2.75) is 18.9 Å². The molecule has 1 aromatic heterocycles. The van der Waals surface area contributed by atoms with Crippen LogP contribution in [0.5, 0.6) is 5.75 Å². The summed E-state index contributed by atoms with van der Waals surface area (Å²) in [7, 11) is 1.64. The number of para-hydroxylation sites is 1. The average Bonchev–Trinajstić information content (AvgIpc) is 2.87. The van der Waals surface area contributed by atoms with Crippen molar-refractivity contribution in [1.29, 1.82) is 0 Å². The molecule has 1 aliphatic rings. The molecule has 1 aromatic carbocycles. The molecular weight excluding hydrogens is 270 g/mol. The molecule has 3 rings (SSSR count). The van der Waals surface area contributed by atoms with Gasteiger partial charge in [0.15, 0.2) is 0 Å². The van der Waals surface area contributed by atoms with Gasteiger partial charge >= 0.3 is 0 Å². The quantitative estimate of drug-likeness (QED) is 0.785. The highest BCUT2D eigenvalue weighted by atomic mass is 16.5. The van der Waals surface area contributed by atoms with E-state index in [4.69, 9.17) is 9.84 Å². The summed E-state index contributed by atoms with van der Waals surface area (Å²) >= 11 is 0. The van der Waals surface area contributed by atoms with Crippen LogP contribution in [-0.2, 0) is 13.0 Å². The smallest absolute Gasteiger partial charge is 0.271 e. The summed E-state index contributed by atoms with van der Waals surface area (Å²) in [5.41, 5.74) is 2.18. The largest absolute Gasteiger partial charge is 0.496 e. The number of ether oxygens (including phenoxy) is 1. The number of carbonyl (C=O) groups is 1. The lowest BCUT2D eigenvalue weighted by Gasteiger charge is -2.17. The lowest BCUT2D eigenvalue weighted by molar-refractivity contribution is 0.0950. The van der Waals surface area contributed by atoms with Gasteiger partial charge < -0.3 is 20.1 Å². The molecule has 3 N–H and O–H groups in total. The first-order valence-corrected chi connectivity index (χ1v) is 6.82. The third-order valence-electron chi connectivity index (χ3n) is 3.73. The highest BCUT2D eigenvalue weighted by Crippen LogP contribution is 2.30. The van der Waals surface area contributed by atoms with E-state index in [2.05, 4.69) is 15.3 Å². The van der Waals surface area contributed by atoms with E-state index in [1.807, 2.05) is 24.3 Å². The maximum absolute atomic E-state index is 12.1. The summed E-state index contributed by atoms with van der Waals surface area (Å²) in [5.74, 6) is 1.11. The van der Waals surface area contributed by atoms with Crippen LogP contribution in [0.25, 0.3) is 0 Å². The fraction of sp³-hybridized carbons (Fsp3) is 0.333. The van der Waals surface area contributed by atoms with Gasteiger partial charge in [-0.2, -0.15) is 0 Å². The van der Waals surface area contributed by atoms with Gasteiger partial charge in [0.1, 0.15) is 23.9 Å². The summed E-state index contributed by atoms with van der Waals surface area (Å²) in [5, 5.41) is 12.0. The number of rotatable bonds is 3. The van der Waals surface area contributed by atoms with Gasteiger partial charge in [0.25, 0.3) is 5.91 Å². The minimum Gasteiger partial charge on any atom is -0.496 e. The molecule has 0 saturated carbocycles. The first kappa shape index (κ1) is 13.6. The van der Waals surface area contributed by atoms with Crippen molar-refractivity contribution in [1.82, 2.24) is 15.3 Å². The maximum Gasteiger partial charge on any atom is 0.271 e. The Balaban J connectivity index is 1.97. The minimum absolute atomic E-state index is 0.0957. The molecule has 2 heterocycles. The standard InChI is InChI=1S/C15H17N3O3/c1-21-12-5-3-2-4-10(12)9-6-11-14(15(20)16-7-9)18-13(8-19)17-11/h2-5,9,19H,6-8H2,1H3,(H,16,20)(H,17,18). The number of imidazole rings is 1. The molecule has 0 saturated heterocycles. The Morgan fingerprint density at radius 3 is 3.00 bits per heavy atom. The van der Waals surface area contributed by atoms with Crippen molar-refractivity contribution < 1.29 is 14.6 Å². The molecular formula is C15H17N3O3. The highest BCUT2D eigenvalue weighted by Gasteiger charge is 2.27. The molecule has 1 atom stereocenters. The topological polar surface area (TPSA) is 87.2 Å². The van der Waals surface area contributed by atoms with Gasteiger partial charge in [0.2, 0.25) is 0 Å². The van der Waals surface area contributed by atoms with Gasteiger partial charge in [-0.1, -0.05) is 18.2 Å². The van der Waals surface area contributed by atoms with E-state index in [0.29, 0.717) is 24.5 Å². The van der Waals surface area contributed by atoms with E-state index in [-0.39, 0.29) is 18.4 Å². The molecule has 1 amide bonds. The van der Waals surface area contributed by atoms with E-state index in [1.54, 1.807) is 7.11 Å².